The number of hydrogen-bond donors (Lipinski definition) is 4. The number of aromatic nitrogens is 1. The average Bonchev–Trinajstić information content (AvgIpc) is 4.03. The fraction of sp³-hybridized carbons (Fsp3) is 0.780. The molecule has 4 bridgehead atoms. The van der Waals surface area contributed by atoms with Crippen molar-refractivity contribution in [3.63, 3.8) is 0 Å². The number of unbranched alkanes of at least 4 members (excludes halogenated alkanes) is 2. The molecule has 2 spiro atoms. The maximum Gasteiger partial charge on any atom is 0.223 e. The molecule has 1 aromatic carbocycles. The van der Waals surface area contributed by atoms with Gasteiger partial charge in [0.25, 0.3) is 0 Å². The number of rotatable bonds is 23. The summed E-state index contributed by atoms with van der Waals surface area (Å²) in [5.74, 6) is 0.279. The molecule has 10 aliphatic rings. The van der Waals surface area contributed by atoms with Crippen molar-refractivity contribution in [3.05, 3.63) is 35.5 Å². The minimum absolute atomic E-state index is 0.0305. The van der Waals surface area contributed by atoms with Crippen LogP contribution < -0.4 is 21.3 Å². The molecule has 4 amide bonds. The predicted molar refractivity (Wildman–Crippen MR) is 291 cm³/mol. The van der Waals surface area contributed by atoms with Gasteiger partial charge in [-0.1, -0.05) is 39.3 Å². The molecule has 0 radical (unpaired) electrons. The van der Waals surface area contributed by atoms with Gasteiger partial charge >= 0.3 is 0 Å². The van der Waals surface area contributed by atoms with E-state index in [9.17, 15) is 19.2 Å². The zero-order chi connectivity index (χ0) is 54.8. The third-order valence-electron chi connectivity index (χ3n) is 19.6. The van der Waals surface area contributed by atoms with E-state index < -0.39 is 35.4 Å². The van der Waals surface area contributed by atoms with Gasteiger partial charge in [0.05, 0.1) is 17.7 Å². The summed E-state index contributed by atoms with van der Waals surface area (Å²) in [6.07, 6.45) is 12.8. The lowest BCUT2D eigenvalue weighted by Gasteiger charge is -2.60. The first-order chi connectivity index (χ1) is 37.5. The normalized spacial score (nSPS) is 37.3. The standard InChI is InChI=1S/C59H87ClN6O12/c1-36-11-15-44-38(3)48(71-54-58(44)42(36)23-26-56(5,73-54)75-77-58)17-19-50(67)63-28-7-9-33-66(53(70)22-21-52(69)65-32-31-62-46-25-30-61-47-35-40(60)13-14-41(46)47)34-10-8-29-64-51(68)20-18-49-39(4)45-16-12-37(2)43-24-27-57(6)74-55(72-49)59(43,45)78-76-57/h13-14,25,30,35-39,42-45,48-49,54-55H,7-12,15-24,26-29,31-34H2,1-6H3,(H,61,62)(H,63,67)(H,64,68)(H,65,69)/t36-,37-,38-,39-,42+,43+,44+,45+,48-,49-,54-,55-,56-,57-,58-,59-/m1/s1. The van der Waals surface area contributed by atoms with Crippen LogP contribution in [0.2, 0.25) is 5.02 Å². The van der Waals surface area contributed by atoms with Gasteiger partial charge in [0.1, 0.15) is 0 Å². The summed E-state index contributed by atoms with van der Waals surface area (Å²) in [6, 6.07) is 7.43. The van der Waals surface area contributed by atoms with Crippen LogP contribution in [0.15, 0.2) is 30.5 Å². The molecule has 432 valence electrons. The van der Waals surface area contributed by atoms with Crippen LogP contribution >= 0.6 is 11.6 Å². The maximum atomic E-state index is 13.8. The SMILES string of the molecule is C[C@H]1[C@@H](CCC(=O)NCCCCN(CCCCNC(=O)CC[C@H]2O[C@@H]3O[C@@]4(C)CC[C@H]5[C@H](C)CC[C@@H]([C@H]2C)[C@@]35OO4)C(=O)CCC(=O)NCCNc2ccnc3cc(Cl)ccc23)O[C@@H]2O[C@@]3(C)CC[C@H]4[C@H](C)CC[C@@H]1[C@@]24OO3. The van der Waals surface area contributed by atoms with Gasteiger partial charge in [-0.3, -0.25) is 24.2 Å². The molecule has 16 atom stereocenters. The van der Waals surface area contributed by atoms with E-state index in [2.05, 4.69) is 53.9 Å². The van der Waals surface area contributed by atoms with Gasteiger partial charge in [0.15, 0.2) is 23.8 Å². The molecular weight excluding hydrogens is 1020 g/mol. The third kappa shape index (κ3) is 12.0. The number of halogens is 1. The van der Waals surface area contributed by atoms with Gasteiger partial charge in [-0.2, -0.15) is 0 Å². The lowest BCUT2D eigenvalue weighted by molar-refractivity contribution is -0.571. The first-order valence-corrected chi connectivity index (χ1v) is 30.1. The predicted octanol–water partition coefficient (Wildman–Crippen LogP) is 8.88. The largest absolute Gasteiger partial charge is 0.383 e. The van der Waals surface area contributed by atoms with Crippen molar-refractivity contribution in [2.45, 2.75) is 205 Å². The molecule has 2 aliphatic carbocycles. The topological polar surface area (TPSA) is 206 Å². The average molecular weight is 1110 g/mol. The van der Waals surface area contributed by atoms with Crippen LogP contribution in [0.25, 0.3) is 10.9 Å². The number of hydrogen-bond acceptors (Lipinski definition) is 14. The number of nitrogens with one attached hydrogen (secondary N) is 4. The van der Waals surface area contributed by atoms with Crippen molar-refractivity contribution in [1.29, 1.82) is 0 Å². The number of carbonyl (C=O) groups excluding carboxylic acids is 4. The molecule has 2 aromatic rings. The Labute approximate surface area is 465 Å². The van der Waals surface area contributed by atoms with Gasteiger partial charge < -0.3 is 45.1 Å². The highest BCUT2D eigenvalue weighted by Crippen LogP contribution is 2.62. The van der Waals surface area contributed by atoms with Crippen LogP contribution in [0.5, 0.6) is 0 Å². The van der Waals surface area contributed by atoms with Crippen molar-refractivity contribution in [2.24, 2.45) is 47.3 Å². The molecule has 0 unspecified atom stereocenters. The Morgan fingerprint density at radius 3 is 1.69 bits per heavy atom. The van der Waals surface area contributed by atoms with E-state index in [4.69, 9.17) is 50.1 Å². The summed E-state index contributed by atoms with van der Waals surface area (Å²) < 4.78 is 26.5. The van der Waals surface area contributed by atoms with E-state index in [0.717, 1.165) is 68.0 Å². The molecule has 2 saturated carbocycles. The van der Waals surface area contributed by atoms with E-state index in [-0.39, 0.29) is 72.3 Å². The summed E-state index contributed by atoms with van der Waals surface area (Å²) in [5, 5.41) is 14.1. The minimum Gasteiger partial charge on any atom is -0.383 e. The summed E-state index contributed by atoms with van der Waals surface area (Å²) in [7, 11) is 0. The third-order valence-corrected chi connectivity index (χ3v) is 19.9. The Balaban J connectivity index is 0.664. The number of amides is 4. The number of benzene rings is 1. The minimum atomic E-state index is -0.843. The fourth-order valence-corrected chi connectivity index (χ4v) is 15.3. The van der Waals surface area contributed by atoms with Crippen LogP contribution in [0.3, 0.4) is 0 Å². The van der Waals surface area contributed by atoms with Crippen molar-refractivity contribution >= 4 is 51.8 Å². The highest BCUT2D eigenvalue weighted by atomic mass is 35.5. The number of pyridine rings is 1. The highest BCUT2D eigenvalue weighted by molar-refractivity contribution is 6.31. The fourth-order valence-electron chi connectivity index (χ4n) is 15.2. The second-order valence-corrected chi connectivity index (χ2v) is 25.2. The van der Waals surface area contributed by atoms with Crippen molar-refractivity contribution < 1.29 is 57.7 Å². The number of ether oxygens (including phenoxy) is 4. The molecule has 1 aromatic heterocycles. The van der Waals surface area contributed by atoms with Crippen LogP contribution in [0.4, 0.5) is 5.69 Å². The number of carbonyl (C=O) groups is 4. The Morgan fingerprint density at radius 1 is 0.615 bits per heavy atom. The Morgan fingerprint density at radius 2 is 1.14 bits per heavy atom. The van der Waals surface area contributed by atoms with E-state index in [1.54, 1.807) is 6.20 Å². The molecule has 12 rings (SSSR count). The second kappa shape index (κ2) is 24.4. The van der Waals surface area contributed by atoms with Crippen molar-refractivity contribution in [2.75, 3.05) is 44.6 Å². The number of nitrogens with zero attached hydrogens (tertiary/aromatic N) is 2. The second-order valence-electron chi connectivity index (χ2n) is 24.8. The lowest BCUT2D eigenvalue weighted by Crippen LogP contribution is -2.70. The van der Waals surface area contributed by atoms with E-state index in [1.807, 2.05) is 43.0 Å². The quantitative estimate of drug-likeness (QED) is 0.0606. The van der Waals surface area contributed by atoms with Crippen LogP contribution in [-0.2, 0) is 57.7 Å². The lowest BCUT2D eigenvalue weighted by atomic mass is 9.57. The molecule has 8 saturated heterocycles. The van der Waals surface area contributed by atoms with Gasteiger partial charge in [0.2, 0.25) is 35.2 Å². The molecule has 9 heterocycles. The zero-order valence-electron chi connectivity index (χ0n) is 47.0. The van der Waals surface area contributed by atoms with Crippen LogP contribution in [0, 0.1) is 47.3 Å². The van der Waals surface area contributed by atoms with Crippen molar-refractivity contribution in [3.8, 4) is 0 Å². The molecule has 78 heavy (non-hydrogen) atoms. The van der Waals surface area contributed by atoms with E-state index in [1.165, 1.54) is 0 Å². The van der Waals surface area contributed by atoms with Gasteiger partial charge in [0, 0.05) is 112 Å². The number of anilines is 1. The first kappa shape index (κ1) is 57.5. The Kier molecular flexibility index (Phi) is 18.0. The maximum absolute atomic E-state index is 13.8. The van der Waals surface area contributed by atoms with Gasteiger partial charge in [-0.15, -0.1) is 0 Å². The number of fused-ring (bicyclic) bond motifs is 5. The first-order valence-electron chi connectivity index (χ1n) is 29.8. The molecule has 4 N–H and O–H groups in total. The monoisotopic (exact) mass is 1110 g/mol. The molecule has 18 nitrogen and oxygen atoms in total. The van der Waals surface area contributed by atoms with Gasteiger partial charge in [-0.25, -0.2) is 19.6 Å². The molecule has 10 fully saturated rings. The Hall–Kier alpha value is -3.72. The van der Waals surface area contributed by atoms with Gasteiger partial charge in [-0.05, 0) is 151 Å². The summed E-state index contributed by atoms with van der Waals surface area (Å²) in [5.41, 5.74) is 0.419. The summed E-state index contributed by atoms with van der Waals surface area (Å²) in [4.78, 5) is 84.1. The molecule has 8 aliphatic heterocycles. The molecular formula is C59H87ClN6O12. The Bertz CT molecular complexity index is 2350. The van der Waals surface area contributed by atoms with Crippen LogP contribution in [0.1, 0.15) is 157 Å². The zero-order valence-corrected chi connectivity index (χ0v) is 47.7. The summed E-state index contributed by atoms with van der Waals surface area (Å²) in [6.45, 7) is 15.7. The van der Waals surface area contributed by atoms with Crippen molar-refractivity contribution in [1.82, 2.24) is 25.8 Å². The van der Waals surface area contributed by atoms with E-state index >= 15 is 0 Å². The highest BCUT2D eigenvalue weighted by Gasteiger charge is 2.70. The summed E-state index contributed by atoms with van der Waals surface area (Å²) >= 11 is 6.16. The molecule has 19 heteroatoms. The smallest absolute Gasteiger partial charge is 0.223 e. The van der Waals surface area contributed by atoms with Crippen LogP contribution in [-0.4, -0.2) is 120 Å². The van der Waals surface area contributed by atoms with E-state index in [0.29, 0.717) is 119 Å².